The molecule has 2 N–H and O–H groups in total. The molecule has 0 aliphatic carbocycles. The van der Waals surface area contributed by atoms with Gasteiger partial charge in [0.05, 0.1) is 36.7 Å². The van der Waals surface area contributed by atoms with Crippen LogP contribution in [0, 0.1) is 23.7 Å². The molecule has 0 bridgehead atoms. The van der Waals surface area contributed by atoms with E-state index in [1.54, 1.807) is 18.8 Å². The number of carboxylic acid groups (broad SMARTS) is 1. The fourth-order valence-electron chi connectivity index (χ4n) is 4.44. The van der Waals surface area contributed by atoms with Crippen LogP contribution in [0.15, 0.2) is 41.4 Å². The Balaban J connectivity index is 1.38. The van der Waals surface area contributed by atoms with Crippen molar-refractivity contribution in [2.45, 2.75) is 25.4 Å². The maximum Gasteiger partial charge on any atom is 0.308 e. The lowest BCUT2D eigenvalue weighted by atomic mass is 9.81. The van der Waals surface area contributed by atoms with E-state index in [2.05, 4.69) is 26.7 Å². The Labute approximate surface area is 197 Å². The minimum atomic E-state index is -0.786. The van der Waals surface area contributed by atoms with Crippen molar-refractivity contribution in [3.05, 3.63) is 52.6 Å². The van der Waals surface area contributed by atoms with E-state index in [1.807, 2.05) is 29.6 Å². The van der Waals surface area contributed by atoms with Crippen LogP contribution >= 0.6 is 11.3 Å². The largest absolute Gasteiger partial charge is 0.497 e. The van der Waals surface area contributed by atoms with Crippen LogP contribution in [0.25, 0.3) is 10.9 Å². The first kappa shape index (κ1) is 23.2. The van der Waals surface area contributed by atoms with Crippen LogP contribution in [0.2, 0.25) is 0 Å². The summed E-state index contributed by atoms with van der Waals surface area (Å²) in [6, 6.07) is 7.42. The molecule has 7 nitrogen and oxygen atoms in total. The monoisotopic (exact) mass is 465 g/mol. The number of ether oxygens (including phenoxy) is 1. The van der Waals surface area contributed by atoms with Crippen LogP contribution in [-0.4, -0.2) is 57.8 Å². The fourth-order valence-corrected chi connectivity index (χ4v) is 4.93. The Hall–Kier alpha value is -2.99. The zero-order valence-corrected chi connectivity index (χ0v) is 19.3. The molecule has 3 aromatic rings. The minimum Gasteiger partial charge on any atom is -0.497 e. The molecule has 1 saturated heterocycles. The van der Waals surface area contributed by atoms with Gasteiger partial charge in [-0.1, -0.05) is 5.92 Å². The molecule has 1 fully saturated rings. The summed E-state index contributed by atoms with van der Waals surface area (Å²) in [7, 11) is 1.61. The van der Waals surface area contributed by atoms with Crippen LogP contribution in [0.5, 0.6) is 5.75 Å². The van der Waals surface area contributed by atoms with Gasteiger partial charge >= 0.3 is 5.97 Å². The van der Waals surface area contributed by atoms with Gasteiger partial charge in [-0.2, -0.15) is 0 Å². The van der Waals surface area contributed by atoms with E-state index in [9.17, 15) is 15.0 Å². The zero-order valence-electron chi connectivity index (χ0n) is 18.5. The van der Waals surface area contributed by atoms with Gasteiger partial charge < -0.3 is 14.9 Å². The second-order valence-corrected chi connectivity index (χ2v) is 9.00. The van der Waals surface area contributed by atoms with Gasteiger partial charge in [-0.15, -0.1) is 11.3 Å². The van der Waals surface area contributed by atoms with Gasteiger partial charge in [-0.3, -0.25) is 14.7 Å². The fraction of sp³-hybridized carbons (Fsp3) is 0.400. The summed E-state index contributed by atoms with van der Waals surface area (Å²) in [5, 5.41) is 23.5. The van der Waals surface area contributed by atoms with E-state index in [0.29, 0.717) is 31.7 Å². The van der Waals surface area contributed by atoms with E-state index in [0.717, 1.165) is 35.1 Å². The Morgan fingerprint density at radius 2 is 2.24 bits per heavy atom. The van der Waals surface area contributed by atoms with Gasteiger partial charge in [0.25, 0.3) is 0 Å². The van der Waals surface area contributed by atoms with Gasteiger partial charge in [0.15, 0.2) is 0 Å². The number of pyridine rings is 1. The summed E-state index contributed by atoms with van der Waals surface area (Å²) in [4.78, 5) is 22.6. The number of aromatic nitrogens is 2. The predicted molar refractivity (Wildman–Crippen MR) is 127 cm³/mol. The second kappa shape index (κ2) is 10.8. The third kappa shape index (κ3) is 5.69. The lowest BCUT2D eigenvalue weighted by Gasteiger charge is -2.36. The molecule has 0 saturated carbocycles. The SMILES string of the molecule is COc1ccc2nccc([C@@H](O)CC[C@@H]3CCN(CC#Cc4cscn4)C[C@@H]3C(=O)O)c2c1. The Morgan fingerprint density at radius 1 is 1.36 bits per heavy atom. The van der Waals surface area contributed by atoms with Crippen molar-refractivity contribution < 1.29 is 19.7 Å². The summed E-state index contributed by atoms with van der Waals surface area (Å²) in [6.45, 7) is 1.80. The second-order valence-electron chi connectivity index (χ2n) is 8.28. The van der Waals surface area contributed by atoms with Crippen molar-refractivity contribution in [3.8, 4) is 17.6 Å². The number of aliphatic hydroxyl groups excluding tert-OH is 1. The van der Waals surface area contributed by atoms with Crippen molar-refractivity contribution in [3.63, 3.8) is 0 Å². The third-order valence-electron chi connectivity index (χ3n) is 6.26. The average Bonchev–Trinajstić information content (AvgIpc) is 3.35. The first-order chi connectivity index (χ1) is 16.0. The first-order valence-corrected chi connectivity index (χ1v) is 11.9. The molecule has 1 aliphatic heterocycles. The lowest BCUT2D eigenvalue weighted by molar-refractivity contribution is -0.146. The number of fused-ring (bicyclic) bond motifs is 1. The van der Waals surface area contributed by atoms with Crippen LogP contribution in [0.3, 0.4) is 0 Å². The molecule has 0 spiro atoms. The predicted octanol–water partition coefficient (Wildman–Crippen LogP) is 3.59. The van der Waals surface area contributed by atoms with Crippen molar-refractivity contribution in [1.82, 2.24) is 14.9 Å². The van der Waals surface area contributed by atoms with Crippen molar-refractivity contribution in [1.29, 1.82) is 0 Å². The number of rotatable bonds is 7. The van der Waals surface area contributed by atoms with E-state index in [4.69, 9.17) is 4.74 Å². The molecule has 172 valence electrons. The molecule has 1 aliphatic rings. The van der Waals surface area contributed by atoms with Crippen molar-refractivity contribution in [2.24, 2.45) is 11.8 Å². The van der Waals surface area contributed by atoms with Crippen molar-refractivity contribution in [2.75, 3.05) is 26.7 Å². The molecule has 3 heterocycles. The molecule has 1 aromatic carbocycles. The highest BCUT2D eigenvalue weighted by Crippen LogP contribution is 2.33. The molecule has 33 heavy (non-hydrogen) atoms. The summed E-state index contributed by atoms with van der Waals surface area (Å²) >= 11 is 1.50. The Morgan fingerprint density at radius 3 is 3.00 bits per heavy atom. The topological polar surface area (TPSA) is 95.8 Å². The van der Waals surface area contributed by atoms with Crippen LogP contribution < -0.4 is 4.74 Å². The Bertz CT molecular complexity index is 1160. The zero-order chi connectivity index (χ0) is 23.2. The first-order valence-electron chi connectivity index (χ1n) is 11.0. The van der Waals surface area contributed by atoms with Gasteiger partial charge in [0, 0.05) is 23.5 Å². The highest BCUT2D eigenvalue weighted by Gasteiger charge is 2.34. The van der Waals surface area contributed by atoms with Gasteiger partial charge in [0.2, 0.25) is 0 Å². The summed E-state index contributed by atoms with van der Waals surface area (Å²) < 4.78 is 5.32. The number of benzene rings is 1. The maximum absolute atomic E-state index is 12.0. The van der Waals surface area contributed by atoms with Gasteiger partial charge in [-0.25, -0.2) is 4.98 Å². The van der Waals surface area contributed by atoms with Crippen LogP contribution in [-0.2, 0) is 4.79 Å². The number of likely N-dealkylation sites (tertiary alicyclic amines) is 1. The molecule has 0 unspecified atom stereocenters. The number of hydrogen-bond donors (Lipinski definition) is 2. The molecule has 2 aromatic heterocycles. The quantitative estimate of drug-likeness (QED) is 0.515. The molecular weight excluding hydrogens is 438 g/mol. The smallest absolute Gasteiger partial charge is 0.308 e. The molecular formula is C25H27N3O4S. The average molecular weight is 466 g/mol. The summed E-state index contributed by atoms with van der Waals surface area (Å²) in [5.41, 5.74) is 4.08. The number of methoxy groups -OCH3 is 1. The number of piperidine rings is 1. The minimum absolute atomic E-state index is 0.0162. The normalized spacial score (nSPS) is 19.6. The van der Waals surface area contributed by atoms with E-state index in [-0.39, 0.29) is 5.92 Å². The van der Waals surface area contributed by atoms with Crippen molar-refractivity contribution >= 4 is 28.2 Å². The number of hydrogen-bond acceptors (Lipinski definition) is 7. The number of thiazole rings is 1. The Kier molecular flexibility index (Phi) is 7.55. The standard InChI is InChI=1S/C25H27N3O4S/c1-32-19-5-6-23-21(13-19)20(8-10-26-23)24(29)7-4-17-9-12-28(14-22(17)25(30)31)11-2-3-18-15-33-16-27-18/h5-6,8,10,13,15-17,22,24,29H,4,7,9,11-12,14H2,1H3,(H,30,31)/t17-,22+,24+/m1/s1. The molecule has 0 amide bonds. The van der Waals surface area contributed by atoms with E-state index in [1.165, 1.54) is 11.3 Å². The highest BCUT2D eigenvalue weighted by molar-refractivity contribution is 7.07. The molecule has 4 rings (SSSR count). The maximum atomic E-state index is 12.0. The molecule has 0 radical (unpaired) electrons. The van der Waals surface area contributed by atoms with E-state index >= 15 is 0 Å². The molecule has 8 heteroatoms. The highest BCUT2D eigenvalue weighted by atomic mass is 32.1. The van der Waals surface area contributed by atoms with E-state index < -0.39 is 18.0 Å². The number of nitrogens with zero attached hydrogens (tertiary/aromatic N) is 3. The number of aliphatic hydroxyl groups is 1. The lowest BCUT2D eigenvalue weighted by Crippen LogP contribution is -2.44. The number of carboxylic acids is 1. The van der Waals surface area contributed by atoms with Gasteiger partial charge in [-0.05, 0) is 67.5 Å². The summed E-state index contributed by atoms with van der Waals surface area (Å²) in [5.74, 6) is 5.59. The number of aliphatic carboxylic acids is 1. The third-order valence-corrected chi connectivity index (χ3v) is 6.85. The molecule has 3 atom stereocenters. The van der Waals surface area contributed by atoms with Crippen LogP contribution in [0.1, 0.15) is 36.6 Å². The van der Waals surface area contributed by atoms with Gasteiger partial charge in [0.1, 0.15) is 11.4 Å². The number of carbonyl (C=O) groups is 1. The van der Waals surface area contributed by atoms with Crippen LogP contribution in [0.4, 0.5) is 0 Å². The summed E-state index contributed by atoms with van der Waals surface area (Å²) in [6.07, 6.45) is 2.91.